The molecule has 0 amide bonds. The molecule has 2 aromatic carbocycles. The number of hydrogen-bond acceptors (Lipinski definition) is 5. The van der Waals surface area contributed by atoms with Crippen molar-refractivity contribution in [3.8, 4) is 24.0 Å². The van der Waals surface area contributed by atoms with E-state index in [2.05, 4.69) is 36.4 Å². The van der Waals surface area contributed by atoms with Gasteiger partial charge in [0.1, 0.15) is 11.8 Å². The van der Waals surface area contributed by atoms with E-state index in [1.54, 1.807) is 7.11 Å². The Kier molecular flexibility index (Phi) is 5.24. The Morgan fingerprint density at radius 3 is 2.23 bits per heavy atom. The summed E-state index contributed by atoms with van der Waals surface area (Å²) in [6.07, 6.45) is 3.60. The third kappa shape index (κ3) is 3.14. The normalized spacial score (nSPS) is 24.1. The number of nitriles is 3. The van der Waals surface area contributed by atoms with Gasteiger partial charge in [0.15, 0.2) is 5.41 Å². The zero-order valence-corrected chi connectivity index (χ0v) is 17.2. The molecule has 3 atom stereocenters. The van der Waals surface area contributed by atoms with Crippen molar-refractivity contribution >= 4 is 0 Å². The Hall–Kier alpha value is -4.01. The van der Waals surface area contributed by atoms with Gasteiger partial charge in [-0.1, -0.05) is 48.5 Å². The van der Waals surface area contributed by atoms with Crippen LogP contribution >= 0.6 is 0 Å². The summed E-state index contributed by atoms with van der Waals surface area (Å²) in [5, 5.41) is 30.2. The highest BCUT2D eigenvalue weighted by Crippen LogP contribution is 2.57. The lowest BCUT2D eigenvalue weighted by atomic mass is 9.55. The van der Waals surface area contributed by atoms with Crippen LogP contribution in [0.5, 0.6) is 5.75 Å². The molecule has 2 N–H and O–H groups in total. The molecular formula is C26H22N4O. The summed E-state index contributed by atoms with van der Waals surface area (Å²) >= 11 is 0. The largest absolute Gasteiger partial charge is 0.497 e. The molecule has 0 unspecified atom stereocenters. The highest BCUT2D eigenvalue weighted by atomic mass is 16.5. The van der Waals surface area contributed by atoms with E-state index in [-0.39, 0.29) is 23.1 Å². The quantitative estimate of drug-likeness (QED) is 0.796. The maximum absolute atomic E-state index is 10.2. The van der Waals surface area contributed by atoms with Crippen LogP contribution in [-0.4, -0.2) is 7.11 Å². The van der Waals surface area contributed by atoms with Crippen molar-refractivity contribution in [3.05, 3.63) is 88.6 Å². The summed E-state index contributed by atoms with van der Waals surface area (Å²) in [6.45, 7) is 0. The van der Waals surface area contributed by atoms with E-state index >= 15 is 0 Å². The van der Waals surface area contributed by atoms with Crippen molar-refractivity contribution in [1.29, 1.82) is 15.8 Å². The second-order valence-corrected chi connectivity index (χ2v) is 8.03. The summed E-state index contributed by atoms with van der Waals surface area (Å²) < 4.78 is 5.28. The molecule has 0 spiro atoms. The maximum atomic E-state index is 10.2. The van der Waals surface area contributed by atoms with Gasteiger partial charge in [-0.25, -0.2) is 0 Å². The van der Waals surface area contributed by atoms with E-state index in [1.807, 2.05) is 42.5 Å². The number of benzene rings is 2. The highest BCUT2D eigenvalue weighted by Gasteiger charge is 2.54. The van der Waals surface area contributed by atoms with Gasteiger partial charge >= 0.3 is 0 Å². The highest BCUT2D eigenvalue weighted by molar-refractivity contribution is 5.59. The third-order valence-electron chi connectivity index (χ3n) is 6.62. The number of nitrogens with two attached hydrogens (primary N) is 1. The molecule has 2 aliphatic carbocycles. The molecular weight excluding hydrogens is 384 g/mol. The van der Waals surface area contributed by atoms with Gasteiger partial charge in [-0.05, 0) is 53.5 Å². The van der Waals surface area contributed by atoms with Crippen LogP contribution in [0.3, 0.4) is 0 Å². The van der Waals surface area contributed by atoms with E-state index in [9.17, 15) is 15.8 Å². The molecule has 5 nitrogen and oxygen atoms in total. The lowest BCUT2D eigenvalue weighted by molar-refractivity contribution is 0.302. The van der Waals surface area contributed by atoms with Crippen molar-refractivity contribution in [2.45, 2.75) is 24.7 Å². The lowest BCUT2D eigenvalue weighted by Gasteiger charge is -2.45. The zero-order valence-electron chi connectivity index (χ0n) is 17.2. The number of fused-ring (bicyclic) bond motifs is 1. The minimum absolute atomic E-state index is 0.0569. The molecule has 4 rings (SSSR count). The van der Waals surface area contributed by atoms with Crippen LogP contribution in [0.1, 0.15) is 35.8 Å². The standard InChI is InChI=1S/C26H22N4O/c1-31-20-10-7-18(8-11-20)24-22-13-19(17-5-3-2-4-6-17)9-12-21(22)23(14-27)25(30)26(24,15-28)16-29/h2-8,10-12,19,22,24H,9,13,30H2,1H3/t19-,22-,24+/m1/s1. The minimum atomic E-state index is -1.61. The first-order valence-corrected chi connectivity index (χ1v) is 10.2. The van der Waals surface area contributed by atoms with E-state index < -0.39 is 11.3 Å². The van der Waals surface area contributed by atoms with Crippen LogP contribution in [0, 0.1) is 45.3 Å². The number of hydrogen-bond donors (Lipinski definition) is 1. The molecule has 0 saturated carbocycles. The van der Waals surface area contributed by atoms with Crippen LogP contribution in [0.4, 0.5) is 0 Å². The molecule has 0 radical (unpaired) electrons. The monoisotopic (exact) mass is 406 g/mol. The topological polar surface area (TPSA) is 107 Å². The van der Waals surface area contributed by atoms with E-state index in [0.29, 0.717) is 5.75 Å². The molecule has 152 valence electrons. The van der Waals surface area contributed by atoms with Crippen molar-refractivity contribution < 1.29 is 4.74 Å². The van der Waals surface area contributed by atoms with Crippen molar-refractivity contribution in [2.24, 2.45) is 17.1 Å². The molecule has 5 heteroatoms. The molecule has 0 aliphatic heterocycles. The van der Waals surface area contributed by atoms with Gasteiger partial charge < -0.3 is 10.5 Å². The number of nitrogens with zero attached hydrogens (tertiary/aromatic N) is 3. The second-order valence-electron chi connectivity index (χ2n) is 8.03. The summed E-state index contributed by atoms with van der Waals surface area (Å²) in [5.74, 6) is 0.281. The second kappa shape index (κ2) is 8.02. The molecule has 0 bridgehead atoms. The first-order valence-electron chi connectivity index (χ1n) is 10.2. The fourth-order valence-corrected chi connectivity index (χ4v) is 5.08. The summed E-state index contributed by atoms with van der Waals surface area (Å²) in [6, 6.07) is 24.2. The number of rotatable bonds is 3. The first-order chi connectivity index (χ1) is 15.1. The Bertz CT molecular complexity index is 1160. The Balaban J connectivity index is 1.91. The Morgan fingerprint density at radius 1 is 0.968 bits per heavy atom. The van der Waals surface area contributed by atoms with Gasteiger partial charge in [-0.2, -0.15) is 15.8 Å². The molecule has 0 fully saturated rings. The summed E-state index contributed by atoms with van der Waals surface area (Å²) in [7, 11) is 1.59. The predicted molar refractivity (Wildman–Crippen MR) is 116 cm³/mol. The van der Waals surface area contributed by atoms with Crippen LogP contribution in [-0.2, 0) is 0 Å². The SMILES string of the molecule is COc1ccc([C@H]2[C@@H]3C[C@H](c4ccccc4)CC=C3C(C#N)=C(N)C2(C#N)C#N)cc1. The van der Waals surface area contributed by atoms with E-state index in [0.717, 1.165) is 24.0 Å². The van der Waals surface area contributed by atoms with Gasteiger partial charge in [0.25, 0.3) is 0 Å². The number of allylic oxidation sites excluding steroid dienone is 4. The predicted octanol–water partition coefficient (Wildman–Crippen LogP) is 4.68. The molecule has 31 heavy (non-hydrogen) atoms. The average Bonchev–Trinajstić information content (AvgIpc) is 2.84. The summed E-state index contributed by atoms with van der Waals surface area (Å²) in [5.41, 5.74) is 8.01. The van der Waals surface area contributed by atoms with Crippen LogP contribution in [0.15, 0.2) is 77.5 Å². The van der Waals surface area contributed by atoms with E-state index in [4.69, 9.17) is 10.5 Å². The molecule has 2 aliphatic rings. The van der Waals surface area contributed by atoms with Gasteiger partial charge in [-0.3, -0.25) is 0 Å². The van der Waals surface area contributed by atoms with Crippen LogP contribution in [0.2, 0.25) is 0 Å². The van der Waals surface area contributed by atoms with Gasteiger partial charge in [0.2, 0.25) is 0 Å². The lowest BCUT2D eigenvalue weighted by Crippen LogP contribution is -2.43. The molecule has 0 aromatic heterocycles. The van der Waals surface area contributed by atoms with Crippen molar-refractivity contribution in [3.63, 3.8) is 0 Å². The van der Waals surface area contributed by atoms with E-state index in [1.165, 1.54) is 5.56 Å². The Morgan fingerprint density at radius 2 is 1.65 bits per heavy atom. The van der Waals surface area contributed by atoms with Crippen molar-refractivity contribution in [1.82, 2.24) is 0 Å². The molecule has 0 heterocycles. The maximum Gasteiger partial charge on any atom is 0.191 e. The number of methoxy groups -OCH3 is 1. The zero-order chi connectivity index (χ0) is 22.0. The van der Waals surface area contributed by atoms with Crippen LogP contribution < -0.4 is 10.5 Å². The van der Waals surface area contributed by atoms with Gasteiger partial charge in [-0.15, -0.1) is 0 Å². The minimum Gasteiger partial charge on any atom is -0.497 e. The summed E-state index contributed by atoms with van der Waals surface area (Å²) in [4.78, 5) is 0. The molecule has 2 aromatic rings. The fraction of sp³-hybridized carbons (Fsp3) is 0.269. The number of ether oxygens (including phenoxy) is 1. The fourth-order valence-electron chi connectivity index (χ4n) is 5.08. The van der Waals surface area contributed by atoms with Gasteiger partial charge in [0.05, 0.1) is 30.5 Å². The third-order valence-corrected chi connectivity index (χ3v) is 6.62. The van der Waals surface area contributed by atoms with Gasteiger partial charge in [0, 0.05) is 5.92 Å². The Labute approximate surface area is 182 Å². The van der Waals surface area contributed by atoms with Crippen LogP contribution in [0.25, 0.3) is 0 Å². The molecule has 0 saturated heterocycles. The smallest absolute Gasteiger partial charge is 0.191 e. The van der Waals surface area contributed by atoms with Crippen molar-refractivity contribution in [2.75, 3.05) is 7.11 Å². The average molecular weight is 406 g/mol. The first kappa shape index (κ1) is 20.3.